The van der Waals surface area contributed by atoms with E-state index in [4.69, 9.17) is 16.6 Å². The molecular formula is C24H23N3O2S. The number of hydrogen-bond acceptors (Lipinski definition) is 3. The number of H-pyrrole nitrogens is 1. The van der Waals surface area contributed by atoms with E-state index < -0.39 is 0 Å². The highest BCUT2D eigenvalue weighted by Crippen LogP contribution is 2.19. The summed E-state index contributed by atoms with van der Waals surface area (Å²) in [5.74, 6) is 0.774. The molecular weight excluding hydrogens is 394 g/mol. The monoisotopic (exact) mass is 417 g/mol. The maximum absolute atomic E-state index is 12.8. The van der Waals surface area contributed by atoms with Crippen molar-refractivity contribution in [2.24, 2.45) is 0 Å². The number of anilines is 1. The lowest BCUT2D eigenvalue weighted by Crippen LogP contribution is -2.35. The first-order valence-electron chi connectivity index (χ1n) is 9.76. The van der Waals surface area contributed by atoms with E-state index in [1.807, 2.05) is 60.4 Å². The van der Waals surface area contributed by atoms with Gasteiger partial charge in [-0.25, -0.2) is 0 Å². The van der Waals surface area contributed by atoms with Gasteiger partial charge in [0, 0.05) is 11.3 Å². The molecule has 152 valence electrons. The van der Waals surface area contributed by atoms with Crippen molar-refractivity contribution in [3.63, 3.8) is 0 Å². The highest BCUT2D eigenvalue weighted by atomic mass is 32.1. The second-order valence-electron chi connectivity index (χ2n) is 7.40. The zero-order chi connectivity index (χ0) is 21.1. The Morgan fingerprint density at radius 1 is 1.07 bits per heavy atom. The van der Waals surface area contributed by atoms with Crippen LogP contribution in [-0.2, 0) is 13.1 Å². The Kier molecular flexibility index (Phi) is 5.68. The molecule has 0 atom stereocenters. The number of fused-ring (bicyclic) bond motifs is 1. The summed E-state index contributed by atoms with van der Waals surface area (Å²) in [6.45, 7) is 4.88. The van der Waals surface area contributed by atoms with Crippen molar-refractivity contribution in [1.82, 2.24) is 9.88 Å². The molecule has 30 heavy (non-hydrogen) atoms. The number of hydrogen-bond donors (Lipinski definition) is 2. The number of thiocarbonyl (C=S) groups is 1. The lowest BCUT2D eigenvalue weighted by Gasteiger charge is -2.25. The van der Waals surface area contributed by atoms with Gasteiger partial charge in [-0.15, -0.1) is 0 Å². The molecule has 0 aliphatic rings. The van der Waals surface area contributed by atoms with Gasteiger partial charge in [0.1, 0.15) is 5.76 Å². The van der Waals surface area contributed by atoms with Gasteiger partial charge in [0.2, 0.25) is 0 Å². The molecule has 2 aromatic carbocycles. The Bertz CT molecular complexity index is 1230. The van der Waals surface area contributed by atoms with Crippen LogP contribution in [0.4, 0.5) is 5.69 Å². The van der Waals surface area contributed by atoms with E-state index in [9.17, 15) is 4.79 Å². The van der Waals surface area contributed by atoms with Crippen LogP contribution in [0.3, 0.4) is 0 Å². The highest BCUT2D eigenvalue weighted by Gasteiger charge is 2.16. The topological polar surface area (TPSA) is 61.3 Å². The summed E-state index contributed by atoms with van der Waals surface area (Å²) in [6.07, 6.45) is 1.63. The first kappa shape index (κ1) is 19.9. The van der Waals surface area contributed by atoms with Gasteiger partial charge in [0.25, 0.3) is 5.56 Å². The molecule has 4 rings (SSSR count). The van der Waals surface area contributed by atoms with E-state index in [-0.39, 0.29) is 5.56 Å². The van der Waals surface area contributed by atoms with E-state index in [1.165, 1.54) is 0 Å². The largest absolute Gasteiger partial charge is 0.467 e. The van der Waals surface area contributed by atoms with Gasteiger partial charge in [0.15, 0.2) is 5.11 Å². The van der Waals surface area contributed by atoms with Gasteiger partial charge in [-0.1, -0.05) is 29.8 Å². The maximum Gasteiger partial charge on any atom is 0.253 e. The number of nitrogens with one attached hydrogen (secondary N) is 2. The molecule has 0 spiro atoms. The van der Waals surface area contributed by atoms with Crippen LogP contribution in [0.2, 0.25) is 0 Å². The summed E-state index contributed by atoms with van der Waals surface area (Å²) in [7, 11) is 0. The molecule has 2 N–H and O–H groups in total. The predicted octanol–water partition coefficient (Wildman–Crippen LogP) is 5.14. The molecule has 0 aliphatic heterocycles. The summed E-state index contributed by atoms with van der Waals surface area (Å²) in [4.78, 5) is 17.8. The number of benzene rings is 2. The van der Waals surface area contributed by atoms with Gasteiger partial charge >= 0.3 is 0 Å². The summed E-state index contributed by atoms with van der Waals surface area (Å²) in [5, 5.41) is 4.79. The minimum atomic E-state index is -0.110. The Hall–Kier alpha value is -3.38. The van der Waals surface area contributed by atoms with Crippen LogP contribution in [0.25, 0.3) is 10.9 Å². The third-order valence-corrected chi connectivity index (χ3v) is 5.33. The molecule has 0 saturated heterocycles. The minimum absolute atomic E-state index is 0.110. The molecule has 0 aliphatic carbocycles. The average Bonchev–Trinajstić information content (AvgIpc) is 3.22. The maximum atomic E-state index is 12.8. The van der Waals surface area contributed by atoms with Crippen LogP contribution in [-0.4, -0.2) is 15.0 Å². The van der Waals surface area contributed by atoms with Gasteiger partial charge in [-0.05, 0) is 73.4 Å². The Morgan fingerprint density at radius 3 is 2.60 bits per heavy atom. The fourth-order valence-corrected chi connectivity index (χ4v) is 3.82. The number of aromatic nitrogens is 1. The van der Waals surface area contributed by atoms with Crippen molar-refractivity contribution in [3.05, 3.63) is 99.7 Å². The zero-order valence-electron chi connectivity index (χ0n) is 16.9. The van der Waals surface area contributed by atoms with Crippen LogP contribution < -0.4 is 10.9 Å². The average molecular weight is 418 g/mol. The second kappa shape index (κ2) is 8.55. The fourth-order valence-electron chi connectivity index (χ4n) is 3.57. The standard InChI is InChI=1S/C24H23N3O2S/c1-16-11-17(2)22-18(12-16)13-19(23(28)26-22)14-27(15-21-9-6-10-29-21)24(30)25-20-7-4-3-5-8-20/h3-13H,14-15H2,1-2H3,(H,25,30)(H,26,28). The number of aryl methyl sites for hydroxylation is 2. The lowest BCUT2D eigenvalue weighted by molar-refractivity contribution is 0.359. The summed E-state index contributed by atoms with van der Waals surface area (Å²) in [6, 6.07) is 19.6. The van der Waals surface area contributed by atoms with Crippen LogP contribution >= 0.6 is 12.2 Å². The summed E-state index contributed by atoms with van der Waals surface area (Å²) >= 11 is 5.67. The third-order valence-electron chi connectivity index (χ3n) is 4.97. The second-order valence-corrected chi connectivity index (χ2v) is 7.79. The van der Waals surface area contributed by atoms with Gasteiger partial charge in [-0.2, -0.15) is 0 Å². The van der Waals surface area contributed by atoms with Crippen molar-refractivity contribution in [2.75, 3.05) is 5.32 Å². The molecule has 0 fully saturated rings. The molecule has 0 amide bonds. The molecule has 0 bridgehead atoms. The predicted molar refractivity (Wildman–Crippen MR) is 125 cm³/mol. The smallest absolute Gasteiger partial charge is 0.253 e. The zero-order valence-corrected chi connectivity index (χ0v) is 17.8. The molecule has 0 unspecified atom stereocenters. The minimum Gasteiger partial charge on any atom is -0.467 e. The first-order valence-corrected chi connectivity index (χ1v) is 10.2. The Labute approximate surface area is 180 Å². The van der Waals surface area contributed by atoms with Crippen molar-refractivity contribution < 1.29 is 4.42 Å². The molecule has 2 aromatic heterocycles. The Morgan fingerprint density at radius 2 is 1.87 bits per heavy atom. The van der Waals surface area contributed by atoms with Crippen molar-refractivity contribution in [2.45, 2.75) is 26.9 Å². The van der Waals surface area contributed by atoms with E-state index in [1.54, 1.807) is 6.26 Å². The van der Waals surface area contributed by atoms with E-state index in [0.29, 0.717) is 23.8 Å². The van der Waals surface area contributed by atoms with Crippen LogP contribution in [0.1, 0.15) is 22.5 Å². The van der Waals surface area contributed by atoms with Crippen molar-refractivity contribution in [3.8, 4) is 0 Å². The normalized spacial score (nSPS) is 10.9. The first-order chi connectivity index (χ1) is 14.5. The van der Waals surface area contributed by atoms with Gasteiger partial charge in [0.05, 0.1) is 24.9 Å². The molecule has 5 nitrogen and oxygen atoms in total. The number of para-hydroxylation sites is 1. The summed E-state index contributed by atoms with van der Waals surface area (Å²) < 4.78 is 5.52. The van der Waals surface area contributed by atoms with Gasteiger partial charge in [-0.3, -0.25) is 4.79 Å². The van der Waals surface area contributed by atoms with E-state index in [0.717, 1.165) is 33.5 Å². The number of rotatable bonds is 5. The van der Waals surface area contributed by atoms with Crippen LogP contribution in [0.5, 0.6) is 0 Å². The number of furan rings is 1. The number of aromatic amines is 1. The molecule has 0 radical (unpaired) electrons. The van der Waals surface area contributed by atoms with E-state index in [2.05, 4.69) is 29.4 Å². The highest BCUT2D eigenvalue weighted by molar-refractivity contribution is 7.80. The van der Waals surface area contributed by atoms with Gasteiger partial charge < -0.3 is 19.6 Å². The number of pyridine rings is 1. The fraction of sp³-hybridized carbons (Fsp3) is 0.167. The number of nitrogens with zero attached hydrogens (tertiary/aromatic N) is 1. The van der Waals surface area contributed by atoms with Crippen molar-refractivity contribution >= 4 is 33.9 Å². The summed E-state index contributed by atoms with van der Waals surface area (Å²) in [5.41, 5.74) is 4.52. The SMILES string of the molecule is Cc1cc(C)c2[nH]c(=O)c(CN(Cc3ccco3)C(=S)Nc3ccccc3)cc2c1. The van der Waals surface area contributed by atoms with E-state index >= 15 is 0 Å². The molecule has 0 saturated carbocycles. The third kappa shape index (κ3) is 4.44. The lowest BCUT2D eigenvalue weighted by atomic mass is 10.1. The Balaban J connectivity index is 1.66. The van der Waals surface area contributed by atoms with Crippen molar-refractivity contribution in [1.29, 1.82) is 0 Å². The van der Waals surface area contributed by atoms with Crippen LogP contribution in [0, 0.1) is 13.8 Å². The quantitative estimate of drug-likeness (QED) is 0.441. The molecule has 4 aromatic rings. The molecule has 2 heterocycles. The van der Waals surface area contributed by atoms with Crippen LogP contribution in [0.15, 0.2) is 76.1 Å². The molecule has 6 heteroatoms.